The highest BCUT2D eigenvalue weighted by molar-refractivity contribution is 5.66. The minimum absolute atomic E-state index is 0.262. The maximum absolute atomic E-state index is 10.4. The van der Waals surface area contributed by atoms with Crippen LogP contribution in [0.5, 0.6) is 0 Å². The number of aliphatic hydroxyl groups excluding tert-OH is 4. The van der Waals surface area contributed by atoms with Gasteiger partial charge in [-0.3, -0.25) is 4.79 Å². The van der Waals surface area contributed by atoms with Gasteiger partial charge in [0, 0.05) is 6.42 Å². The molecule has 5 atom stereocenters. The van der Waals surface area contributed by atoms with Crippen LogP contribution in [0.2, 0.25) is 0 Å². The summed E-state index contributed by atoms with van der Waals surface area (Å²) in [6.07, 6.45) is 4.99. The molecule has 0 radical (unpaired) electrons. The van der Waals surface area contributed by atoms with Gasteiger partial charge in [-0.25, -0.2) is 0 Å². The van der Waals surface area contributed by atoms with Crippen LogP contribution >= 0.6 is 0 Å². The van der Waals surface area contributed by atoms with Gasteiger partial charge in [0.1, 0.15) is 24.4 Å². The molecule has 1 fully saturated rings. The van der Waals surface area contributed by atoms with Crippen LogP contribution in [0.15, 0.2) is 0 Å². The van der Waals surface area contributed by atoms with Crippen molar-refractivity contribution < 1.29 is 35.1 Å². The maximum atomic E-state index is 10.4. The van der Waals surface area contributed by atoms with Gasteiger partial charge < -0.3 is 30.3 Å². The molecule has 0 saturated carbocycles. The summed E-state index contributed by atoms with van der Waals surface area (Å²) in [5.74, 6) is -0.723. The van der Waals surface area contributed by atoms with Gasteiger partial charge in [0.15, 0.2) is 0 Å². The molecule has 0 aromatic carbocycles. The Kier molecular flexibility index (Phi) is 11.2. The second-order valence-corrected chi connectivity index (χ2v) is 6.98. The number of hydrogen-bond acceptors (Lipinski definition) is 6. The molecule has 1 aliphatic heterocycles. The molecule has 1 saturated heterocycles. The van der Waals surface area contributed by atoms with Gasteiger partial charge in [0.25, 0.3) is 0 Å². The maximum Gasteiger partial charge on any atom is 0.303 e. The quantitative estimate of drug-likeness (QED) is 0.312. The third-order valence-corrected chi connectivity index (χ3v) is 4.87. The van der Waals surface area contributed by atoms with Crippen molar-refractivity contribution in [3.8, 4) is 0 Å². The molecule has 0 amide bonds. The van der Waals surface area contributed by atoms with Gasteiger partial charge >= 0.3 is 5.97 Å². The normalized spacial score (nSPS) is 29.7. The first-order valence-electron chi connectivity index (χ1n) is 9.49. The van der Waals surface area contributed by atoms with Gasteiger partial charge in [-0.05, 0) is 12.8 Å². The van der Waals surface area contributed by atoms with E-state index >= 15 is 0 Å². The molecule has 0 unspecified atom stereocenters. The number of ether oxygens (including phenoxy) is 1. The lowest BCUT2D eigenvalue weighted by atomic mass is 9.92. The number of carbonyl (C=O) groups is 1. The second kappa shape index (κ2) is 12.6. The van der Waals surface area contributed by atoms with E-state index in [1.54, 1.807) is 0 Å². The molecular weight excluding hydrogens is 328 g/mol. The van der Waals surface area contributed by atoms with Crippen molar-refractivity contribution in [2.75, 3.05) is 6.61 Å². The van der Waals surface area contributed by atoms with E-state index in [4.69, 9.17) is 14.9 Å². The summed E-state index contributed by atoms with van der Waals surface area (Å²) in [7, 11) is 0. The van der Waals surface area contributed by atoms with E-state index in [1.807, 2.05) is 0 Å². The minimum Gasteiger partial charge on any atom is -0.481 e. The Labute approximate surface area is 149 Å². The van der Waals surface area contributed by atoms with Crippen molar-refractivity contribution in [3.63, 3.8) is 0 Å². The standard InChI is InChI=1S/C18H34O7/c19-12-14-17(23)18(24)16(22)13(25-14)10-8-6-4-2-1-3-5-7-9-11-15(20)21/h13-14,16-19,22-24H,1-12H2,(H,20,21)/t13-,14-,16+,17-,18-/m1/s1. The van der Waals surface area contributed by atoms with Crippen LogP contribution in [-0.2, 0) is 9.53 Å². The van der Waals surface area contributed by atoms with Gasteiger partial charge in [-0.15, -0.1) is 0 Å². The highest BCUT2D eigenvalue weighted by atomic mass is 16.5. The number of aliphatic hydroxyl groups is 4. The first kappa shape index (κ1) is 22.3. The zero-order chi connectivity index (χ0) is 18.7. The second-order valence-electron chi connectivity index (χ2n) is 6.98. The monoisotopic (exact) mass is 362 g/mol. The highest BCUT2D eigenvalue weighted by Crippen LogP contribution is 2.25. The van der Waals surface area contributed by atoms with E-state index in [9.17, 15) is 20.1 Å². The van der Waals surface area contributed by atoms with E-state index in [0.717, 1.165) is 57.8 Å². The lowest BCUT2D eigenvalue weighted by molar-refractivity contribution is -0.230. The van der Waals surface area contributed by atoms with Gasteiger partial charge in [-0.1, -0.05) is 51.4 Å². The molecule has 0 aromatic rings. The Hall–Kier alpha value is -0.730. The Morgan fingerprint density at radius 3 is 1.72 bits per heavy atom. The first-order valence-corrected chi connectivity index (χ1v) is 9.49. The van der Waals surface area contributed by atoms with Gasteiger partial charge in [-0.2, -0.15) is 0 Å². The van der Waals surface area contributed by atoms with Crippen molar-refractivity contribution in [3.05, 3.63) is 0 Å². The summed E-state index contributed by atoms with van der Waals surface area (Å²) in [6, 6.07) is 0. The molecule has 0 spiro atoms. The van der Waals surface area contributed by atoms with Crippen molar-refractivity contribution in [1.82, 2.24) is 0 Å². The minimum atomic E-state index is -1.28. The zero-order valence-electron chi connectivity index (χ0n) is 14.9. The first-order chi connectivity index (χ1) is 12.0. The Morgan fingerprint density at radius 2 is 1.20 bits per heavy atom. The summed E-state index contributed by atoms with van der Waals surface area (Å²) >= 11 is 0. The van der Waals surface area contributed by atoms with E-state index in [-0.39, 0.29) is 13.0 Å². The number of rotatable bonds is 13. The molecule has 25 heavy (non-hydrogen) atoms. The van der Waals surface area contributed by atoms with Crippen molar-refractivity contribution in [2.45, 2.75) is 101 Å². The molecular formula is C18H34O7. The molecule has 0 aliphatic carbocycles. The van der Waals surface area contributed by atoms with Crippen LogP contribution in [0.1, 0.15) is 70.6 Å². The summed E-state index contributed by atoms with van der Waals surface area (Å²) in [5.41, 5.74) is 0. The lowest BCUT2D eigenvalue weighted by Gasteiger charge is -2.40. The zero-order valence-corrected chi connectivity index (χ0v) is 14.9. The highest BCUT2D eigenvalue weighted by Gasteiger charge is 2.42. The summed E-state index contributed by atoms with van der Waals surface area (Å²) in [5, 5.41) is 47.1. The molecule has 1 aliphatic rings. The summed E-state index contributed by atoms with van der Waals surface area (Å²) in [4.78, 5) is 10.4. The van der Waals surface area contributed by atoms with Gasteiger partial charge in [0.05, 0.1) is 12.7 Å². The van der Waals surface area contributed by atoms with Crippen LogP contribution in [-0.4, -0.2) is 68.6 Å². The molecule has 5 N–H and O–H groups in total. The average molecular weight is 362 g/mol. The van der Waals surface area contributed by atoms with Crippen molar-refractivity contribution in [2.24, 2.45) is 0 Å². The SMILES string of the molecule is O=C(O)CCCCCCCCCCC[C@H]1O[C@H](CO)[C@@H](O)[C@H](O)[C@H]1O. The fourth-order valence-electron chi connectivity index (χ4n) is 3.28. The molecule has 1 heterocycles. The fraction of sp³-hybridized carbons (Fsp3) is 0.944. The van der Waals surface area contributed by atoms with Crippen LogP contribution in [0.25, 0.3) is 0 Å². The van der Waals surface area contributed by atoms with Crippen molar-refractivity contribution >= 4 is 5.97 Å². The van der Waals surface area contributed by atoms with Crippen LogP contribution in [0.4, 0.5) is 0 Å². The largest absolute Gasteiger partial charge is 0.481 e. The molecule has 7 heteroatoms. The lowest BCUT2D eigenvalue weighted by Crippen LogP contribution is -2.58. The van der Waals surface area contributed by atoms with Crippen LogP contribution < -0.4 is 0 Å². The van der Waals surface area contributed by atoms with Gasteiger partial charge in [0.2, 0.25) is 0 Å². The average Bonchev–Trinajstić information content (AvgIpc) is 2.59. The topological polar surface area (TPSA) is 127 Å². The van der Waals surface area contributed by atoms with E-state index in [2.05, 4.69) is 0 Å². The molecule has 148 valence electrons. The number of aliphatic carboxylic acids is 1. The number of carboxylic acids is 1. The molecule has 0 bridgehead atoms. The third-order valence-electron chi connectivity index (χ3n) is 4.87. The van der Waals surface area contributed by atoms with Crippen LogP contribution in [0.3, 0.4) is 0 Å². The predicted molar refractivity (Wildman–Crippen MR) is 92.2 cm³/mol. The number of unbranched alkanes of at least 4 members (excludes halogenated alkanes) is 8. The smallest absolute Gasteiger partial charge is 0.303 e. The van der Waals surface area contributed by atoms with E-state index < -0.39 is 36.5 Å². The van der Waals surface area contributed by atoms with E-state index in [0.29, 0.717) is 6.42 Å². The Bertz CT molecular complexity index is 361. The summed E-state index contributed by atoms with van der Waals surface area (Å²) < 4.78 is 5.48. The molecule has 7 nitrogen and oxygen atoms in total. The van der Waals surface area contributed by atoms with E-state index in [1.165, 1.54) is 0 Å². The van der Waals surface area contributed by atoms with Crippen molar-refractivity contribution in [1.29, 1.82) is 0 Å². The third kappa shape index (κ3) is 8.46. The predicted octanol–water partition coefficient (Wildman–Crippen LogP) is 1.20. The fourth-order valence-corrected chi connectivity index (χ4v) is 3.28. The molecule has 1 rings (SSSR count). The number of carboxylic acid groups (broad SMARTS) is 1. The Balaban J connectivity index is 2.01. The van der Waals surface area contributed by atoms with Crippen LogP contribution in [0, 0.1) is 0 Å². The number of hydrogen-bond donors (Lipinski definition) is 5. The molecule has 0 aromatic heterocycles. The summed E-state index contributed by atoms with van der Waals surface area (Å²) in [6.45, 7) is -0.381. The Morgan fingerprint density at radius 1 is 0.720 bits per heavy atom.